The topological polar surface area (TPSA) is 0 Å². The van der Waals surface area contributed by atoms with Crippen LogP contribution in [-0.2, 0) is 0 Å². The number of hydrogen-bond acceptors (Lipinski definition) is 0. The van der Waals surface area contributed by atoms with Crippen molar-refractivity contribution in [1.29, 1.82) is 0 Å². The zero-order valence-corrected chi connectivity index (χ0v) is 6.11. The summed E-state index contributed by atoms with van der Waals surface area (Å²) in [5.41, 5.74) is 3.51. The smallest absolute Gasteiger partial charge is 0.0103 e. The maximum atomic E-state index is 2.29. The van der Waals surface area contributed by atoms with Crippen molar-refractivity contribution in [2.75, 3.05) is 0 Å². The fourth-order valence-corrected chi connectivity index (χ4v) is 2.01. The lowest BCUT2D eigenvalue weighted by Gasteiger charge is -1.99. The van der Waals surface area contributed by atoms with Crippen LogP contribution >= 0.6 is 0 Å². The summed E-state index contributed by atoms with van der Waals surface area (Å²) in [7, 11) is 0. The number of allylic oxidation sites excluding steroid dienone is 2. The van der Waals surface area contributed by atoms with Crippen LogP contribution < -0.4 is 0 Å². The van der Waals surface area contributed by atoms with Gasteiger partial charge in [-0.15, -0.1) is 0 Å². The van der Waals surface area contributed by atoms with Gasteiger partial charge < -0.3 is 0 Å². The molecule has 0 N–H and O–H groups in total. The van der Waals surface area contributed by atoms with Crippen LogP contribution in [0.3, 0.4) is 0 Å². The SMILES string of the molecule is CC1=C(C2CCCC2)C1. The Bertz CT molecular complexity index is 147. The summed E-state index contributed by atoms with van der Waals surface area (Å²) >= 11 is 0. The molecule has 0 aliphatic heterocycles. The molecular weight excluding hydrogens is 108 g/mol. The van der Waals surface area contributed by atoms with Crippen molar-refractivity contribution in [1.82, 2.24) is 0 Å². The van der Waals surface area contributed by atoms with Crippen LogP contribution in [0.25, 0.3) is 0 Å². The molecule has 0 unspecified atom stereocenters. The van der Waals surface area contributed by atoms with Gasteiger partial charge in [0.1, 0.15) is 0 Å². The molecule has 0 heteroatoms. The largest absolute Gasteiger partial charge is 0.0694 e. The van der Waals surface area contributed by atoms with Crippen molar-refractivity contribution in [2.24, 2.45) is 5.92 Å². The van der Waals surface area contributed by atoms with Crippen LogP contribution in [0.1, 0.15) is 39.0 Å². The van der Waals surface area contributed by atoms with Crippen LogP contribution in [0.2, 0.25) is 0 Å². The number of hydrogen-bond donors (Lipinski definition) is 0. The molecule has 1 saturated carbocycles. The van der Waals surface area contributed by atoms with Gasteiger partial charge in [-0.2, -0.15) is 0 Å². The minimum absolute atomic E-state index is 1.03. The van der Waals surface area contributed by atoms with Gasteiger partial charge in [0, 0.05) is 0 Å². The summed E-state index contributed by atoms with van der Waals surface area (Å²) in [6, 6.07) is 0. The normalized spacial score (nSPS) is 27.7. The summed E-state index contributed by atoms with van der Waals surface area (Å²) < 4.78 is 0. The fourth-order valence-electron chi connectivity index (χ4n) is 2.01. The quantitative estimate of drug-likeness (QED) is 0.469. The molecule has 0 saturated heterocycles. The molecule has 0 amide bonds. The van der Waals surface area contributed by atoms with Gasteiger partial charge in [-0.3, -0.25) is 0 Å². The van der Waals surface area contributed by atoms with Crippen LogP contribution in [0.5, 0.6) is 0 Å². The molecule has 0 nitrogen and oxygen atoms in total. The Morgan fingerprint density at radius 2 is 1.78 bits per heavy atom. The van der Waals surface area contributed by atoms with Crippen molar-refractivity contribution in [2.45, 2.75) is 39.0 Å². The molecule has 0 heterocycles. The molecular formula is C9H14. The van der Waals surface area contributed by atoms with E-state index in [4.69, 9.17) is 0 Å². The molecule has 9 heavy (non-hydrogen) atoms. The summed E-state index contributed by atoms with van der Waals surface area (Å²) in [5.74, 6) is 1.03. The van der Waals surface area contributed by atoms with Gasteiger partial charge in [0.05, 0.1) is 0 Å². The van der Waals surface area contributed by atoms with Crippen molar-refractivity contribution in [3.8, 4) is 0 Å². The molecule has 0 aromatic rings. The lowest BCUT2D eigenvalue weighted by Crippen LogP contribution is -1.87. The molecule has 0 radical (unpaired) electrons. The average Bonchev–Trinajstić information content (AvgIpc) is 2.44. The molecule has 0 aromatic heterocycles. The van der Waals surface area contributed by atoms with E-state index in [-0.39, 0.29) is 0 Å². The van der Waals surface area contributed by atoms with E-state index < -0.39 is 0 Å². The van der Waals surface area contributed by atoms with Crippen molar-refractivity contribution in [3.05, 3.63) is 11.1 Å². The molecule has 2 aliphatic rings. The van der Waals surface area contributed by atoms with Gasteiger partial charge in [-0.25, -0.2) is 0 Å². The average molecular weight is 122 g/mol. The monoisotopic (exact) mass is 122 g/mol. The third-order valence-electron chi connectivity index (χ3n) is 2.73. The van der Waals surface area contributed by atoms with E-state index in [0.29, 0.717) is 0 Å². The van der Waals surface area contributed by atoms with Gasteiger partial charge in [-0.1, -0.05) is 24.0 Å². The van der Waals surface area contributed by atoms with Gasteiger partial charge in [0.15, 0.2) is 0 Å². The van der Waals surface area contributed by atoms with Gasteiger partial charge in [-0.05, 0) is 32.1 Å². The third-order valence-corrected chi connectivity index (χ3v) is 2.73. The standard InChI is InChI=1S/C9H14/c1-7-6-9(7)8-4-2-3-5-8/h8H,2-6H2,1H3. The fraction of sp³-hybridized carbons (Fsp3) is 0.778. The van der Waals surface area contributed by atoms with E-state index >= 15 is 0 Å². The molecule has 0 bridgehead atoms. The summed E-state index contributed by atoms with van der Waals surface area (Å²) in [5, 5.41) is 0. The van der Waals surface area contributed by atoms with E-state index in [1.807, 2.05) is 5.57 Å². The van der Waals surface area contributed by atoms with Crippen molar-refractivity contribution >= 4 is 0 Å². The molecule has 1 fully saturated rings. The second kappa shape index (κ2) is 1.86. The lowest BCUT2D eigenvalue weighted by molar-refractivity contribution is 0.659. The molecule has 0 atom stereocenters. The highest BCUT2D eigenvalue weighted by Crippen LogP contribution is 2.44. The Morgan fingerprint density at radius 3 is 2.22 bits per heavy atom. The summed E-state index contributed by atoms with van der Waals surface area (Å²) in [6.45, 7) is 2.29. The molecule has 2 rings (SSSR count). The minimum Gasteiger partial charge on any atom is -0.0694 e. The first-order valence-corrected chi connectivity index (χ1v) is 4.06. The highest BCUT2D eigenvalue weighted by Gasteiger charge is 2.27. The Labute approximate surface area is 57.0 Å². The second-order valence-electron chi connectivity index (χ2n) is 3.46. The van der Waals surface area contributed by atoms with E-state index in [2.05, 4.69) is 6.92 Å². The van der Waals surface area contributed by atoms with Crippen LogP contribution in [0.4, 0.5) is 0 Å². The maximum absolute atomic E-state index is 2.29. The molecule has 50 valence electrons. The first kappa shape index (κ1) is 5.52. The van der Waals surface area contributed by atoms with Gasteiger partial charge >= 0.3 is 0 Å². The molecule has 2 aliphatic carbocycles. The Kier molecular flexibility index (Phi) is 1.14. The second-order valence-corrected chi connectivity index (χ2v) is 3.46. The maximum Gasteiger partial charge on any atom is -0.0103 e. The Balaban J connectivity index is 1.99. The highest BCUT2D eigenvalue weighted by molar-refractivity contribution is 5.35. The molecule has 0 spiro atoms. The van der Waals surface area contributed by atoms with Crippen LogP contribution in [-0.4, -0.2) is 0 Å². The first-order chi connectivity index (χ1) is 4.38. The zero-order chi connectivity index (χ0) is 6.27. The van der Waals surface area contributed by atoms with E-state index in [9.17, 15) is 0 Å². The van der Waals surface area contributed by atoms with E-state index in [1.165, 1.54) is 32.1 Å². The third kappa shape index (κ3) is 0.910. The van der Waals surface area contributed by atoms with Crippen LogP contribution in [0, 0.1) is 5.92 Å². The lowest BCUT2D eigenvalue weighted by atomic mass is 10.1. The Hall–Kier alpha value is -0.260. The van der Waals surface area contributed by atoms with Gasteiger partial charge in [0.2, 0.25) is 0 Å². The molecule has 0 aromatic carbocycles. The first-order valence-electron chi connectivity index (χ1n) is 4.06. The predicted molar refractivity (Wildman–Crippen MR) is 39.3 cm³/mol. The Morgan fingerprint density at radius 1 is 1.22 bits per heavy atom. The van der Waals surface area contributed by atoms with Crippen LogP contribution in [0.15, 0.2) is 11.1 Å². The summed E-state index contributed by atoms with van der Waals surface area (Å²) in [4.78, 5) is 0. The van der Waals surface area contributed by atoms with E-state index in [0.717, 1.165) is 5.92 Å². The highest BCUT2D eigenvalue weighted by atomic mass is 14.3. The number of rotatable bonds is 1. The van der Waals surface area contributed by atoms with E-state index in [1.54, 1.807) is 5.57 Å². The van der Waals surface area contributed by atoms with Crippen molar-refractivity contribution < 1.29 is 0 Å². The summed E-state index contributed by atoms with van der Waals surface area (Å²) in [6.07, 6.45) is 7.34. The van der Waals surface area contributed by atoms with Crippen molar-refractivity contribution in [3.63, 3.8) is 0 Å². The predicted octanol–water partition coefficient (Wildman–Crippen LogP) is 2.90. The minimum atomic E-state index is 1.03. The zero-order valence-electron chi connectivity index (χ0n) is 6.11. The van der Waals surface area contributed by atoms with Gasteiger partial charge in [0.25, 0.3) is 0 Å².